The Kier molecular flexibility index (Phi) is 1.73. The lowest BCUT2D eigenvalue weighted by Crippen LogP contribution is -2.32. The summed E-state index contributed by atoms with van der Waals surface area (Å²) in [7, 11) is 0. The molecular formula is C9H8N2O2. The Bertz CT molecular complexity index is 332. The lowest BCUT2D eigenvalue weighted by molar-refractivity contribution is -0.134. The second-order valence-electron chi connectivity index (χ2n) is 2.79. The van der Waals surface area contributed by atoms with Crippen molar-refractivity contribution in [3.63, 3.8) is 0 Å². The summed E-state index contributed by atoms with van der Waals surface area (Å²) in [6, 6.07) is 9.25. The summed E-state index contributed by atoms with van der Waals surface area (Å²) in [6.45, 7) is 0.114. The Morgan fingerprint density at radius 2 is 1.85 bits per heavy atom. The topological polar surface area (TPSA) is 49.4 Å². The lowest BCUT2D eigenvalue weighted by atomic mass is 10.3. The number of para-hydroxylation sites is 1. The predicted molar refractivity (Wildman–Crippen MR) is 46.9 cm³/mol. The van der Waals surface area contributed by atoms with Crippen LogP contribution in [0.25, 0.3) is 0 Å². The van der Waals surface area contributed by atoms with E-state index in [-0.39, 0.29) is 6.54 Å². The zero-order valence-electron chi connectivity index (χ0n) is 6.86. The molecule has 4 heteroatoms. The zero-order chi connectivity index (χ0) is 9.26. The van der Waals surface area contributed by atoms with Gasteiger partial charge in [-0.2, -0.15) is 0 Å². The maximum atomic E-state index is 10.9. The molecule has 0 bridgehead atoms. The van der Waals surface area contributed by atoms with Crippen LogP contribution < -0.4 is 10.4 Å². The first-order valence-corrected chi connectivity index (χ1v) is 3.94. The molecule has 1 saturated heterocycles. The van der Waals surface area contributed by atoms with Crippen molar-refractivity contribution >= 4 is 17.4 Å². The van der Waals surface area contributed by atoms with Crippen molar-refractivity contribution in [3.8, 4) is 0 Å². The number of rotatable bonds is 1. The van der Waals surface area contributed by atoms with E-state index in [0.29, 0.717) is 0 Å². The molecule has 2 rings (SSSR count). The van der Waals surface area contributed by atoms with Crippen LogP contribution in [0.3, 0.4) is 0 Å². The highest BCUT2D eigenvalue weighted by atomic mass is 16.2. The number of hydrazine groups is 1. The first kappa shape index (κ1) is 7.79. The second kappa shape index (κ2) is 2.90. The first-order valence-electron chi connectivity index (χ1n) is 3.94. The molecule has 1 aromatic rings. The fourth-order valence-corrected chi connectivity index (χ4v) is 1.20. The Balaban J connectivity index is 2.21. The third kappa shape index (κ3) is 1.38. The van der Waals surface area contributed by atoms with Gasteiger partial charge in [-0.05, 0) is 12.1 Å². The number of ketones is 1. The number of carbonyl (C=O) groups is 2. The fourth-order valence-electron chi connectivity index (χ4n) is 1.20. The number of nitrogens with zero attached hydrogens (tertiary/aromatic N) is 1. The molecule has 4 nitrogen and oxygen atoms in total. The van der Waals surface area contributed by atoms with Crippen LogP contribution >= 0.6 is 0 Å². The van der Waals surface area contributed by atoms with Crippen molar-refractivity contribution in [1.29, 1.82) is 0 Å². The Labute approximate surface area is 75.1 Å². The van der Waals surface area contributed by atoms with Crippen LogP contribution in [0.5, 0.6) is 0 Å². The molecule has 0 aromatic heterocycles. The smallest absolute Gasteiger partial charge is 0.287 e. The highest BCUT2D eigenvalue weighted by Crippen LogP contribution is 2.12. The van der Waals surface area contributed by atoms with Gasteiger partial charge < -0.3 is 0 Å². The normalized spacial score (nSPS) is 16.2. The van der Waals surface area contributed by atoms with Crippen LogP contribution in [0.2, 0.25) is 0 Å². The standard InChI is InChI=1S/C9H8N2O2/c12-8-6-11(10-9(8)13)7-4-2-1-3-5-7/h1-5H,6H2,(H,10,13). The molecule has 1 aromatic carbocycles. The molecule has 1 heterocycles. The van der Waals surface area contributed by atoms with Crippen molar-refractivity contribution in [2.45, 2.75) is 0 Å². The van der Waals surface area contributed by atoms with Gasteiger partial charge in [-0.1, -0.05) is 18.2 Å². The summed E-state index contributed by atoms with van der Waals surface area (Å²) in [5, 5.41) is 1.53. The molecule has 1 fully saturated rings. The molecule has 13 heavy (non-hydrogen) atoms. The highest BCUT2D eigenvalue weighted by Gasteiger charge is 2.27. The van der Waals surface area contributed by atoms with Crippen molar-refractivity contribution in [1.82, 2.24) is 5.43 Å². The number of hydrogen-bond donors (Lipinski definition) is 1. The number of Topliss-reactive ketones (excluding diaryl/α,β-unsaturated/α-hetero) is 1. The van der Waals surface area contributed by atoms with Crippen LogP contribution in [-0.4, -0.2) is 18.2 Å². The van der Waals surface area contributed by atoms with E-state index >= 15 is 0 Å². The highest BCUT2D eigenvalue weighted by molar-refractivity contribution is 6.40. The minimum absolute atomic E-state index is 0.114. The van der Waals surface area contributed by atoms with Gasteiger partial charge in [0.15, 0.2) is 0 Å². The van der Waals surface area contributed by atoms with Gasteiger partial charge >= 0.3 is 5.91 Å². The first-order chi connectivity index (χ1) is 6.27. The number of amides is 1. The molecule has 1 aliphatic rings. The quantitative estimate of drug-likeness (QED) is 0.618. The summed E-state index contributed by atoms with van der Waals surface area (Å²) in [4.78, 5) is 21.8. The van der Waals surface area contributed by atoms with Gasteiger partial charge in [-0.3, -0.25) is 20.0 Å². The maximum absolute atomic E-state index is 10.9. The summed E-state index contributed by atoms with van der Waals surface area (Å²) in [5.74, 6) is -0.937. The van der Waals surface area contributed by atoms with Crippen molar-refractivity contribution in [2.24, 2.45) is 0 Å². The number of hydrogen-bond acceptors (Lipinski definition) is 3. The molecule has 1 N–H and O–H groups in total. The van der Waals surface area contributed by atoms with E-state index in [9.17, 15) is 9.59 Å². The molecule has 0 spiro atoms. The van der Waals surface area contributed by atoms with E-state index in [1.54, 1.807) is 0 Å². The van der Waals surface area contributed by atoms with Crippen LogP contribution in [0.4, 0.5) is 5.69 Å². The van der Waals surface area contributed by atoms with E-state index < -0.39 is 11.7 Å². The van der Waals surface area contributed by atoms with Crippen LogP contribution in [0.15, 0.2) is 30.3 Å². The summed E-state index contributed by atoms with van der Waals surface area (Å²) in [5.41, 5.74) is 3.29. The monoisotopic (exact) mass is 176 g/mol. The predicted octanol–water partition coefficient (Wildman–Crippen LogP) is 0.107. The third-order valence-electron chi connectivity index (χ3n) is 1.86. The van der Waals surface area contributed by atoms with Crippen LogP contribution in [0, 0.1) is 0 Å². The molecule has 0 atom stereocenters. The molecule has 0 radical (unpaired) electrons. The number of anilines is 1. The molecule has 0 saturated carbocycles. The lowest BCUT2D eigenvalue weighted by Gasteiger charge is -2.15. The maximum Gasteiger partial charge on any atom is 0.307 e. The summed E-state index contributed by atoms with van der Waals surface area (Å²) < 4.78 is 0. The zero-order valence-corrected chi connectivity index (χ0v) is 6.86. The van der Waals surface area contributed by atoms with E-state index in [1.807, 2.05) is 30.3 Å². The molecule has 66 valence electrons. The van der Waals surface area contributed by atoms with Crippen LogP contribution in [-0.2, 0) is 9.59 Å². The average Bonchev–Trinajstić information content (AvgIpc) is 2.49. The number of carbonyl (C=O) groups excluding carboxylic acids is 2. The van der Waals surface area contributed by atoms with Gasteiger partial charge in [0.25, 0.3) is 0 Å². The van der Waals surface area contributed by atoms with Gasteiger partial charge in [-0.15, -0.1) is 0 Å². The third-order valence-corrected chi connectivity index (χ3v) is 1.86. The van der Waals surface area contributed by atoms with Gasteiger partial charge in [-0.25, -0.2) is 0 Å². The van der Waals surface area contributed by atoms with Crippen molar-refractivity contribution in [3.05, 3.63) is 30.3 Å². The van der Waals surface area contributed by atoms with E-state index in [4.69, 9.17) is 0 Å². The van der Waals surface area contributed by atoms with Crippen molar-refractivity contribution < 1.29 is 9.59 Å². The molecular weight excluding hydrogens is 168 g/mol. The van der Waals surface area contributed by atoms with Gasteiger partial charge in [0.2, 0.25) is 5.78 Å². The largest absolute Gasteiger partial charge is 0.307 e. The minimum atomic E-state index is -0.538. The van der Waals surface area contributed by atoms with Gasteiger partial charge in [0, 0.05) is 0 Å². The minimum Gasteiger partial charge on any atom is -0.287 e. The summed E-state index contributed by atoms with van der Waals surface area (Å²) in [6.07, 6.45) is 0. The van der Waals surface area contributed by atoms with E-state index in [0.717, 1.165) is 5.69 Å². The van der Waals surface area contributed by atoms with Gasteiger partial charge in [0.05, 0.1) is 5.69 Å². The Hall–Kier alpha value is -1.84. The summed E-state index contributed by atoms with van der Waals surface area (Å²) >= 11 is 0. The fraction of sp³-hybridized carbons (Fsp3) is 0.111. The van der Waals surface area contributed by atoms with E-state index in [2.05, 4.69) is 5.43 Å². The SMILES string of the molecule is O=C1CN(c2ccccc2)NC1=O. The molecule has 1 aliphatic heterocycles. The number of nitrogens with one attached hydrogen (secondary N) is 1. The molecule has 0 aliphatic carbocycles. The van der Waals surface area contributed by atoms with Gasteiger partial charge in [0.1, 0.15) is 6.54 Å². The van der Waals surface area contributed by atoms with E-state index in [1.165, 1.54) is 5.01 Å². The Morgan fingerprint density at radius 1 is 1.15 bits per heavy atom. The second-order valence-corrected chi connectivity index (χ2v) is 2.79. The molecule has 1 amide bonds. The Morgan fingerprint density at radius 3 is 2.38 bits per heavy atom. The average molecular weight is 176 g/mol. The van der Waals surface area contributed by atoms with Crippen molar-refractivity contribution in [2.75, 3.05) is 11.6 Å². The van der Waals surface area contributed by atoms with Crippen LogP contribution in [0.1, 0.15) is 0 Å². The molecule has 0 unspecified atom stereocenters. The number of benzene rings is 1.